The summed E-state index contributed by atoms with van der Waals surface area (Å²) in [6, 6.07) is 52.6. The Morgan fingerprint density at radius 1 is 0.500 bits per heavy atom. The van der Waals surface area contributed by atoms with E-state index < -0.39 is 0 Å². The van der Waals surface area contributed by atoms with Crippen molar-refractivity contribution in [1.82, 2.24) is 0 Å². The highest BCUT2D eigenvalue weighted by atomic mass is 16.5. The minimum atomic E-state index is -0.0643. The molecule has 0 N–H and O–H groups in total. The first-order valence-electron chi connectivity index (χ1n) is 25.6. The molecule has 4 heteroatoms. The number of aryl methyl sites for hydroxylation is 1. The number of fused-ring (bicyclic) bond motifs is 6. The number of rotatable bonds is 9. The minimum Gasteiger partial charge on any atom is -0.483 e. The molecule has 10 aromatic rings. The molecule has 0 fully saturated rings. The first-order chi connectivity index (χ1) is 34.0. The zero-order valence-electron chi connectivity index (χ0n) is 41.6. The van der Waals surface area contributed by atoms with Crippen molar-refractivity contribution in [2.45, 2.75) is 103 Å². The van der Waals surface area contributed by atoms with Gasteiger partial charge < -0.3 is 19.0 Å². The molecule has 9 aromatic carbocycles. The summed E-state index contributed by atoms with van der Waals surface area (Å²) in [4.78, 5) is 5.12. The molecule has 0 radical (unpaired) electrons. The van der Waals surface area contributed by atoms with Crippen LogP contribution in [0.4, 0.5) is 34.1 Å². The van der Waals surface area contributed by atoms with Crippen LogP contribution in [-0.4, -0.2) is 6.10 Å². The molecule has 346 valence electrons. The maximum absolute atomic E-state index is 7.08. The van der Waals surface area contributed by atoms with Gasteiger partial charge in [-0.05, 0) is 135 Å². The Morgan fingerprint density at radius 2 is 1.11 bits per heavy atom. The second-order valence-electron chi connectivity index (χ2n) is 21.8. The summed E-state index contributed by atoms with van der Waals surface area (Å²) in [7, 11) is 0. The molecule has 3 aliphatic rings. The molecule has 13 rings (SSSR count). The third-order valence-corrected chi connectivity index (χ3v) is 16.1. The van der Waals surface area contributed by atoms with E-state index in [1.54, 1.807) is 0 Å². The fraction of sp³-hybridized carbons (Fsp3) is 0.242. The third-order valence-electron chi connectivity index (χ3n) is 16.1. The molecule has 2 unspecified atom stereocenters. The lowest BCUT2D eigenvalue weighted by atomic mass is 9.70. The van der Waals surface area contributed by atoms with Crippen LogP contribution in [-0.2, 0) is 11.8 Å². The maximum atomic E-state index is 7.08. The lowest BCUT2D eigenvalue weighted by Gasteiger charge is -2.37. The smallest absolute Gasteiger partial charge is 0.159 e. The van der Waals surface area contributed by atoms with E-state index in [-0.39, 0.29) is 35.2 Å². The summed E-state index contributed by atoms with van der Waals surface area (Å²) < 4.78 is 14.0. The SMILES string of the molecule is CC(C)c1ccccc1N(c1cccc2c1OC1C=CC=CC21)c1cc(C(C)C)c2ccc3c(N(c4ccccc4C(C)C)c4cccc5c4oc4ccccc45)cc4c5c(cc1c2c35)C(C)(C)CC4. The van der Waals surface area contributed by atoms with Gasteiger partial charge in [0.05, 0.1) is 22.7 Å². The molecule has 70 heavy (non-hydrogen) atoms. The number of furan rings is 1. The number of allylic oxidation sites excluding steroid dienone is 2. The van der Waals surface area contributed by atoms with Crippen LogP contribution < -0.4 is 14.5 Å². The molecule has 0 amide bonds. The molecule has 0 bridgehead atoms. The van der Waals surface area contributed by atoms with E-state index in [0.29, 0.717) is 0 Å². The number of nitrogens with zero attached hydrogens (tertiary/aromatic N) is 2. The van der Waals surface area contributed by atoms with Crippen LogP contribution in [0.15, 0.2) is 168 Å². The average Bonchev–Trinajstić information content (AvgIpc) is 3.95. The molecule has 1 aromatic heterocycles. The number of benzene rings is 9. The van der Waals surface area contributed by atoms with Crippen LogP contribution in [0.2, 0.25) is 0 Å². The van der Waals surface area contributed by atoms with Gasteiger partial charge in [-0.25, -0.2) is 0 Å². The molecule has 4 nitrogen and oxygen atoms in total. The van der Waals surface area contributed by atoms with E-state index in [1.807, 2.05) is 0 Å². The van der Waals surface area contributed by atoms with E-state index in [0.717, 1.165) is 51.9 Å². The zero-order chi connectivity index (χ0) is 47.7. The van der Waals surface area contributed by atoms with Gasteiger partial charge in [-0.15, -0.1) is 0 Å². The minimum absolute atomic E-state index is 0.0350. The Hall–Kier alpha value is -7.30. The highest BCUT2D eigenvalue weighted by Gasteiger charge is 2.38. The highest BCUT2D eigenvalue weighted by molar-refractivity contribution is 6.31. The van der Waals surface area contributed by atoms with Gasteiger partial charge in [0.2, 0.25) is 0 Å². The molecular weight excluding hydrogens is 853 g/mol. The van der Waals surface area contributed by atoms with Gasteiger partial charge >= 0.3 is 0 Å². The predicted molar refractivity (Wildman–Crippen MR) is 296 cm³/mol. The normalized spacial score (nSPS) is 17.0. The number of para-hydroxylation sites is 5. The Balaban J connectivity index is 1.18. The van der Waals surface area contributed by atoms with Crippen molar-refractivity contribution >= 4 is 88.4 Å². The van der Waals surface area contributed by atoms with E-state index >= 15 is 0 Å². The van der Waals surface area contributed by atoms with E-state index in [4.69, 9.17) is 9.15 Å². The summed E-state index contributed by atoms with van der Waals surface area (Å²) in [5.41, 5.74) is 16.6. The summed E-state index contributed by atoms with van der Waals surface area (Å²) in [6.45, 7) is 18.9. The highest BCUT2D eigenvalue weighted by Crippen LogP contribution is 2.58. The van der Waals surface area contributed by atoms with Crippen molar-refractivity contribution in [3.8, 4) is 5.75 Å². The molecule has 1 aliphatic heterocycles. The Labute approximate surface area is 411 Å². The number of hydrogen-bond acceptors (Lipinski definition) is 4. The monoisotopic (exact) mass is 912 g/mol. The first-order valence-corrected chi connectivity index (χ1v) is 25.6. The van der Waals surface area contributed by atoms with Crippen LogP contribution >= 0.6 is 0 Å². The molecule has 0 spiro atoms. The second kappa shape index (κ2) is 15.9. The van der Waals surface area contributed by atoms with Gasteiger partial charge in [0.1, 0.15) is 17.4 Å². The fourth-order valence-electron chi connectivity index (χ4n) is 12.6. The molecule has 2 aliphatic carbocycles. The Morgan fingerprint density at radius 3 is 1.87 bits per heavy atom. The largest absolute Gasteiger partial charge is 0.483 e. The molecule has 2 heterocycles. The summed E-state index contributed by atoms with van der Waals surface area (Å²) in [6.07, 6.45) is 10.8. The van der Waals surface area contributed by atoms with Gasteiger partial charge in [0.25, 0.3) is 0 Å². The number of hydrogen-bond donors (Lipinski definition) is 0. The topological polar surface area (TPSA) is 28.9 Å². The van der Waals surface area contributed by atoms with Crippen molar-refractivity contribution in [3.05, 3.63) is 197 Å². The lowest BCUT2D eigenvalue weighted by Crippen LogP contribution is -2.24. The van der Waals surface area contributed by atoms with Crippen molar-refractivity contribution in [3.63, 3.8) is 0 Å². The zero-order valence-corrected chi connectivity index (χ0v) is 41.6. The Kier molecular flexibility index (Phi) is 9.70. The van der Waals surface area contributed by atoms with Crippen molar-refractivity contribution in [1.29, 1.82) is 0 Å². The van der Waals surface area contributed by atoms with Gasteiger partial charge in [-0.2, -0.15) is 0 Å². The Bertz CT molecular complexity index is 3810. The van der Waals surface area contributed by atoms with Crippen LogP contribution in [0.25, 0.3) is 54.3 Å². The quantitative estimate of drug-likeness (QED) is 0.135. The first kappa shape index (κ1) is 42.8. The van der Waals surface area contributed by atoms with E-state index in [1.165, 1.54) is 88.4 Å². The van der Waals surface area contributed by atoms with Crippen LogP contribution in [0, 0.1) is 0 Å². The van der Waals surface area contributed by atoms with Crippen molar-refractivity contribution < 1.29 is 9.15 Å². The van der Waals surface area contributed by atoms with E-state index in [9.17, 15) is 0 Å². The summed E-state index contributed by atoms with van der Waals surface area (Å²) >= 11 is 0. The standard InChI is InChI=1S/C66H60N2O2/c1-38(2)42-19-9-13-25-53(42)67(55-27-17-23-47-44-21-11-15-29-59(44)69-64(47)55)57-35-41-33-34-66(7,8)52-36-51-58(37-50(40(5)6)46-31-32-49(57)63(61(41)52)62(46)51)68(54-26-14-10-20-43(54)39(3)4)56-28-18-24-48-45-22-12-16-30-60(45)70-65(48)56/h9-32,35-40,45,60H,33-34H2,1-8H3. The van der Waals surface area contributed by atoms with Crippen LogP contribution in [0.5, 0.6) is 5.75 Å². The van der Waals surface area contributed by atoms with Gasteiger partial charge in [-0.3, -0.25) is 0 Å². The van der Waals surface area contributed by atoms with Gasteiger partial charge in [0.15, 0.2) is 5.58 Å². The molecule has 2 atom stereocenters. The number of anilines is 6. The molecule has 0 saturated heterocycles. The van der Waals surface area contributed by atoms with Crippen LogP contribution in [0.1, 0.15) is 119 Å². The maximum Gasteiger partial charge on any atom is 0.159 e. The predicted octanol–water partition coefficient (Wildman–Crippen LogP) is 19.0. The summed E-state index contributed by atoms with van der Waals surface area (Å²) in [5.74, 6) is 1.97. The summed E-state index contributed by atoms with van der Waals surface area (Å²) in [5, 5.41) is 10.2. The van der Waals surface area contributed by atoms with Crippen LogP contribution in [0.3, 0.4) is 0 Å². The molecule has 0 saturated carbocycles. The lowest BCUT2D eigenvalue weighted by molar-refractivity contribution is 0.269. The second-order valence-corrected chi connectivity index (χ2v) is 21.8. The van der Waals surface area contributed by atoms with Crippen molar-refractivity contribution in [2.75, 3.05) is 9.80 Å². The fourth-order valence-corrected chi connectivity index (χ4v) is 12.6. The third kappa shape index (κ3) is 6.27. The molecular formula is C66H60N2O2. The van der Waals surface area contributed by atoms with E-state index in [2.05, 4.69) is 229 Å². The average molecular weight is 913 g/mol. The van der Waals surface area contributed by atoms with Crippen molar-refractivity contribution in [2.24, 2.45) is 0 Å². The van der Waals surface area contributed by atoms with Gasteiger partial charge in [-0.1, -0.05) is 165 Å². The number of ether oxygens (including phenoxy) is 1. The van der Waals surface area contributed by atoms with Gasteiger partial charge in [0, 0.05) is 49.8 Å².